The molecule has 0 aliphatic carbocycles. The summed E-state index contributed by atoms with van der Waals surface area (Å²) >= 11 is 0. The normalized spacial score (nSPS) is 20.9. The van der Waals surface area contributed by atoms with E-state index in [-0.39, 0.29) is 18.2 Å². The molecule has 0 bridgehead atoms. The van der Waals surface area contributed by atoms with E-state index in [0.29, 0.717) is 19.8 Å². The fourth-order valence-corrected chi connectivity index (χ4v) is 2.93. The van der Waals surface area contributed by atoms with Gasteiger partial charge in [-0.1, -0.05) is 6.07 Å². The van der Waals surface area contributed by atoms with E-state index in [1.807, 2.05) is 25.1 Å². The number of benzene rings is 1. The second kappa shape index (κ2) is 7.08. The first-order valence-corrected chi connectivity index (χ1v) is 8.15. The number of carbonyl (C=O) groups excluding carboxylic acids is 1. The Bertz CT molecular complexity index is 558. The summed E-state index contributed by atoms with van der Waals surface area (Å²) in [6, 6.07) is 5.71. The van der Waals surface area contributed by atoms with Gasteiger partial charge in [-0.05, 0) is 37.5 Å². The van der Waals surface area contributed by atoms with Crippen molar-refractivity contribution in [3.05, 3.63) is 23.8 Å². The van der Waals surface area contributed by atoms with E-state index in [0.717, 1.165) is 36.5 Å². The van der Waals surface area contributed by atoms with Crippen molar-refractivity contribution in [3.63, 3.8) is 0 Å². The van der Waals surface area contributed by atoms with Crippen LogP contribution in [-0.2, 0) is 11.3 Å². The van der Waals surface area contributed by atoms with Gasteiger partial charge < -0.3 is 24.4 Å². The first kappa shape index (κ1) is 15.9. The van der Waals surface area contributed by atoms with Gasteiger partial charge in [0.25, 0.3) is 0 Å². The van der Waals surface area contributed by atoms with Crippen LogP contribution in [0.2, 0.25) is 0 Å². The predicted octanol–water partition coefficient (Wildman–Crippen LogP) is 2.17. The zero-order valence-corrected chi connectivity index (χ0v) is 13.7. The maximum atomic E-state index is 12.3. The molecule has 1 aromatic rings. The van der Waals surface area contributed by atoms with Gasteiger partial charge in [-0.15, -0.1) is 0 Å². The molecule has 2 unspecified atom stereocenters. The van der Waals surface area contributed by atoms with E-state index in [1.165, 1.54) is 0 Å². The average Bonchev–Trinajstić information content (AvgIpc) is 3.09. The summed E-state index contributed by atoms with van der Waals surface area (Å²) in [6.07, 6.45) is 2.20. The zero-order valence-electron chi connectivity index (χ0n) is 13.7. The minimum atomic E-state index is -0.0945. The summed E-state index contributed by atoms with van der Waals surface area (Å²) in [7, 11) is 1.79. The first-order chi connectivity index (χ1) is 11.1. The minimum absolute atomic E-state index is 0.0210. The lowest BCUT2D eigenvalue weighted by atomic mass is 10.1. The quantitative estimate of drug-likeness (QED) is 0.923. The number of rotatable bonds is 4. The number of carbonyl (C=O) groups is 1. The zero-order chi connectivity index (χ0) is 16.2. The molecule has 2 aliphatic heterocycles. The van der Waals surface area contributed by atoms with Crippen molar-refractivity contribution in [1.82, 2.24) is 10.2 Å². The van der Waals surface area contributed by atoms with Crippen LogP contribution in [0.5, 0.6) is 11.5 Å². The third-order valence-electron chi connectivity index (χ3n) is 4.25. The maximum absolute atomic E-state index is 12.3. The number of fused-ring (bicyclic) bond motifs is 1. The fourth-order valence-electron chi connectivity index (χ4n) is 2.93. The van der Waals surface area contributed by atoms with Crippen molar-refractivity contribution in [3.8, 4) is 11.5 Å². The highest BCUT2D eigenvalue weighted by Gasteiger charge is 2.24. The van der Waals surface area contributed by atoms with Crippen LogP contribution in [0.3, 0.4) is 0 Å². The van der Waals surface area contributed by atoms with Crippen molar-refractivity contribution in [2.24, 2.45) is 0 Å². The summed E-state index contributed by atoms with van der Waals surface area (Å²) in [6.45, 7) is 4.44. The SMILES string of the molecule is CC(NC(=O)N(C)Cc1ccc2c(c1)OCCO2)C1CCCO1. The Morgan fingerprint density at radius 3 is 2.83 bits per heavy atom. The first-order valence-electron chi connectivity index (χ1n) is 8.15. The number of ether oxygens (including phenoxy) is 3. The van der Waals surface area contributed by atoms with Crippen molar-refractivity contribution >= 4 is 6.03 Å². The molecule has 0 saturated carbocycles. The number of amides is 2. The molecule has 2 aliphatic rings. The lowest BCUT2D eigenvalue weighted by Crippen LogP contribution is -2.46. The second-order valence-corrected chi connectivity index (χ2v) is 6.12. The molecule has 23 heavy (non-hydrogen) atoms. The van der Waals surface area contributed by atoms with Crippen LogP contribution >= 0.6 is 0 Å². The molecule has 126 valence electrons. The molecule has 2 heterocycles. The summed E-state index contributed by atoms with van der Waals surface area (Å²) in [5.74, 6) is 1.51. The Labute approximate surface area is 136 Å². The standard InChI is InChI=1S/C17H24N2O4/c1-12(14-4-3-7-21-14)18-17(20)19(2)11-13-5-6-15-16(10-13)23-9-8-22-15/h5-6,10,12,14H,3-4,7-9,11H2,1-2H3,(H,18,20). The van der Waals surface area contributed by atoms with Gasteiger partial charge in [-0.3, -0.25) is 0 Å². The number of hydrogen-bond acceptors (Lipinski definition) is 4. The molecular weight excluding hydrogens is 296 g/mol. The highest BCUT2D eigenvalue weighted by Crippen LogP contribution is 2.31. The Hall–Kier alpha value is -1.95. The van der Waals surface area contributed by atoms with E-state index in [4.69, 9.17) is 14.2 Å². The molecule has 0 spiro atoms. The van der Waals surface area contributed by atoms with Gasteiger partial charge in [0.1, 0.15) is 13.2 Å². The molecule has 6 heteroatoms. The Balaban J connectivity index is 1.55. The molecule has 2 atom stereocenters. The van der Waals surface area contributed by atoms with E-state index >= 15 is 0 Å². The summed E-state index contributed by atoms with van der Waals surface area (Å²) < 4.78 is 16.7. The smallest absolute Gasteiger partial charge is 0.317 e. The molecule has 0 aromatic heterocycles. The van der Waals surface area contributed by atoms with Gasteiger partial charge in [0, 0.05) is 20.2 Å². The number of nitrogens with one attached hydrogen (secondary N) is 1. The Morgan fingerprint density at radius 2 is 2.09 bits per heavy atom. The van der Waals surface area contributed by atoms with Gasteiger partial charge in [0.15, 0.2) is 11.5 Å². The molecule has 0 radical (unpaired) electrons. The fraction of sp³-hybridized carbons (Fsp3) is 0.588. The third kappa shape index (κ3) is 3.88. The topological polar surface area (TPSA) is 60.0 Å². The molecule has 6 nitrogen and oxygen atoms in total. The molecule has 1 N–H and O–H groups in total. The highest BCUT2D eigenvalue weighted by atomic mass is 16.6. The van der Waals surface area contributed by atoms with Crippen molar-refractivity contribution < 1.29 is 19.0 Å². The van der Waals surface area contributed by atoms with E-state index in [9.17, 15) is 4.79 Å². The molecule has 3 rings (SSSR count). The van der Waals surface area contributed by atoms with Gasteiger partial charge in [0.05, 0.1) is 12.1 Å². The molecule has 1 aromatic carbocycles. The monoisotopic (exact) mass is 320 g/mol. The van der Waals surface area contributed by atoms with E-state index in [2.05, 4.69) is 5.32 Å². The summed E-state index contributed by atoms with van der Waals surface area (Å²) in [5.41, 5.74) is 1.01. The van der Waals surface area contributed by atoms with E-state index < -0.39 is 0 Å². The van der Waals surface area contributed by atoms with Crippen LogP contribution in [0, 0.1) is 0 Å². The Morgan fingerprint density at radius 1 is 1.30 bits per heavy atom. The van der Waals surface area contributed by atoms with Gasteiger partial charge in [0.2, 0.25) is 0 Å². The van der Waals surface area contributed by atoms with Crippen molar-refractivity contribution in [1.29, 1.82) is 0 Å². The average molecular weight is 320 g/mol. The second-order valence-electron chi connectivity index (χ2n) is 6.12. The molecule has 2 amide bonds. The van der Waals surface area contributed by atoms with Gasteiger partial charge in [-0.2, -0.15) is 0 Å². The predicted molar refractivity (Wildman–Crippen MR) is 85.9 cm³/mol. The highest BCUT2D eigenvalue weighted by molar-refractivity contribution is 5.74. The maximum Gasteiger partial charge on any atom is 0.317 e. The van der Waals surface area contributed by atoms with Crippen LogP contribution < -0.4 is 14.8 Å². The van der Waals surface area contributed by atoms with Crippen LogP contribution in [0.4, 0.5) is 4.79 Å². The number of hydrogen-bond donors (Lipinski definition) is 1. The number of nitrogens with zero attached hydrogens (tertiary/aromatic N) is 1. The van der Waals surface area contributed by atoms with Crippen molar-refractivity contribution in [2.75, 3.05) is 26.9 Å². The lowest BCUT2D eigenvalue weighted by molar-refractivity contribution is 0.0838. The number of urea groups is 1. The van der Waals surface area contributed by atoms with Crippen LogP contribution in [-0.4, -0.2) is 49.9 Å². The molecular formula is C17H24N2O4. The van der Waals surface area contributed by atoms with E-state index in [1.54, 1.807) is 11.9 Å². The minimum Gasteiger partial charge on any atom is -0.486 e. The van der Waals surface area contributed by atoms with Crippen LogP contribution in [0.25, 0.3) is 0 Å². The largest absolute Gasteiger partial charge is 0.486 e. The lowest BCUT2D eigenvalue weighted by Gasteiger charge is -2.25. The summed E-state index contributed by atoms with van der Waals surface area (Å²) in [4.78, 5) is 14.0. The van der Waals surface area contributed by atoms with Gasteiger partial charge >= 0.3 is 6.03 Å². The third-order valence-corrected chi connectivity index (χ3v) is 4.25. The van der Waals surface area contributed by atoms with Gasteiger partial charge in [-0.25, -0.2) is 4.79 Å². The molecule has 1 fully saturated rings. The Kier molecular flexibility index (Phi) is 4.91. The van der Waals surface area contributed by atoms with Crippen LogP contribution in [0.15, 0.2) is 18.2 Å². The molecule has 1 saturated heterocycles. The van der Waals surface area contributed by atoms with Crippen molar-refractivity contribution in [2.45, 2.75) is 38.5 Å². The summed E-state index contributed by atoms with van der Waals surface area (Å²) in [5, 5.41) is 3.01. The van der Waals surface area contributed by atoms with Crippen LogP contribution in [0.1, 0.15) is 25.3 Å².